The molecule has 1 amide bonds. The fourth-order valence-corrected chi connectivity index (χ4v) is 2.24. The normalized spacial score (nSPS) is 19.2. The molecule has 1 aliphatic rings. The smallest absolute Gasteiger partial charge is 0.250 e. The zero-order valence-electron chi connectivity index (χ0n) is 9.91. The Morgan fingerprint density at radius 1 is 1.47 bits per heavy atom. The van der Waals surface area contributed by atoms with Gasteiger partial charge >= 0.3 is 0 Å². The summed E-state index contributed by atoms with van der Waals surface area (Å²) in [5.74, 6) is -0.382. The number of para-hydroxylation sites is 1. The van der Waals surface area contributed by atoms with Crippen molar-refractivity contribution in [3.63, 3.8) is 0 Å². The van der Waals surface area contributed by atoms with Crippen molar-refractivity contribution >= 4 is 11.6 Å². The van der Waals surface area contributed by atoms with Crippen LogP contribution in [0.25, 0.3) is 0 Å². The summed E-state index contributed by atoms with van der Waals surface area (Å²) in [6.07, 6.45) is 3.59. The number of primary amides is 1. The third-order valence-corrected chi connectivity index (χ3v) is 3.16. The Hall–Kier alpha value is -1.55. The van der Waals surface area contributed by atoms with Crippen LogP contribution in [0, 0.1) is 0 Å². The van der Waals surface area contributed by atoms with E-state index in [0.717, 1.165) is 25.2 Å². The van der Waals surface area contributed by atoms with Gasteiger partial charge in [0.2, 0.25) is 0 Å². The number of anilines is 1. The van der Waals surface area contributed by atoms with Crippen molar-refractivity contribution in [1.29, 1.82) is 0 Å². The Kier molecular flexibility index (Phi) is 3.98. The predicted octanol–water partition coefficient (Wildman–Crippen LogP) is 1.34. The highest BCUT2D eigenvalue weighted by Gasteiger charge is 2.13. The van der Waals surface area contributed by atoms with Crippen LogP contribution in [0.3, 0.4) is 0 Å². The van der Waals surface area contributed by atoms with Crippen LogP contribution in [0.2, 0.25) is 0 Å². The molecular formula is C13H19N3O. The van der Waals surface area contributed by atoms with Gasteiger partial charge in [-0.1, -0.05) is 12.1 Å². The number of carbonyl (C=O) groups excluding carboxylic acids is 1. The number of hydrogen-bond acceptors (Lipinski definition) is 3. The van der Waals surface area contributed by atoms with Crippen LogP contribution in [0.4, 0.5) is 5.69 Å². The van der Waals surface area contributed by atoms with Gasteiger partial charge in [0.25, 0.3) is 5.91 Å². The third-order valence-electron chi connectivity index (χ3n) is 3.16. The van der Waals surface area contributed by atoms with Gasteiger partial charge in [0, 0.05) is 18.3 Å². The van der Waals surface area contributed by atoms with E-state index < -0.39 is 0 Å². The highest BCUT2D eigenvalue weighted by molar-refractivity contribution is 5.98. The minimum Gasteiger partial charge on any atom is -0.384 e. The monoisotopic (exact) mass is 233 g/mol. The largest absolute Gasteiger partial charge is 0.384 e. The van der Waals surface area contributed by atoms with Crippen molar-refractivity contribution in [2.24, 2.45) is 5.73 Å². The van der Waals surface area contributed by atoms with Crippen LogP contribution in [0.1, 0.15) is 29.6 Å². The summed E-state index contributed by atoms with van der Waals surface area (Å²) in [6, 6.07) is 7.98. The number of carbonyl (C=O) groups is 1. The summed E-state index contributed by atoms with van der Waals surface area (Å²) in [7, 11) is 0. The molecule has 1 aromatic rings. The first-order valence-electron chi connectivity index (χ1n) is 6.13. The van der Waals surface area contributed by atoms with E-state index in [1.807, 2.05) is 18.2 Å². The van der Waals surface area contributed by atoms with Crippen molar-refractivity contribution in [1.82, 2.24) is 5.32 Å². The number of nitrogens with one attached hydrogen (secondary N) is 2. The topological polar surface area (TPSA) is 67.2 Å². The van der Waals surface area contributed by atoms with Crippen molar-refractivity contribution in [3.8, 4) is 0 Å². The van der Waals surface area contributed by atoms with Gasteiger partial charge in [0.15, 0.2) is 0 Å². The Balaban J connectivity index is 1.87. The SMILES string of the molecule is NC(=O)c1ccccc1NCC[C@H]1CCCN1. The number of benzene rings is 1. The lowest BCUT2D eigenvalue weighted by atomic mass is 10.1. The van der Waals surface area contributed by atoms with E-state index in [-0.39, 0.29) is 5.91 Å². The molecule has 4 nitrogen and oxygen atoms in total. The van der Waals surface area contributed by atoms with Crippen molar-refractivity contribution in [2.45, 2.75) is 25.3 Å². The van der Waals surface area contributed by atoms with Crippen LogP contribution in [0.15, 0.2) is 24.3 Å². The van der Waals surface area contributed by atoms with E-state index in [4.69, 9.17) is 5.73 Å². The molecule has 1 saturated heterocycles. The molecule has 0 saturated carbocycles. The molecule has 1 atom stereocenters. The van der Waals surface area contributed by atoms with E-state index in [1.165, 1.54) is 12.8 Å². The zero-order valence-corrected chi connectivity index (χ0v) is 9.91. The third kappa shape index (κ3) is 3.20. The molecule has 17 heavy (non-hydrogen) atoms. The summed E-state index contributed by atoms with van der Waals surface area (Å²) >= 11 is 0. The molecule has 0 aliphatic carbocycles. The molecule has 1 fully saturated rings. The standard InChI is InChI=1S/C13H19N3O/c14-13(17)11-5-1-2-6-12(11)16-9-7-10-4-3-8-15-10/h1-2,5-6,10,15-16H,3-4,7-9H2,(H2,14,17)/t10-/m1/s1. The minimum atomic E-state index is -0.382. The minimum absolute atomic E-state index is 0.382. The average Bonchev–Trinajstić information content (AvgIpc) is 2.82. The van der Waals surface area contributed by atoms with Crippen LogP contribution in [0.5, 0.6) is 0 Å². The van der Waals surface area contributed by atoms with Gasteiger partial charge in [-0.25, -0.2) is 0 Å². The maximum absolute atomic E-state index is 11.2. The Labute approximate surface area is 102 Å². The van der Waals surface area contributed by atoms with Gasteiger partial charge in [0.05, 0.1) is 5.56 Å². The molecule has 0 bridgehead atoms. The van der Waals surface area contributed by atoms with Gasteiger partial charge in [-0.05, 0) is 37.9 Å². The molecule has 1 aliphatic heterocycles. The van der Waals surface area contributed by atoms with Gasteiger partial charge in [-0.2, -0.15) is 0 Å². The van der Waals surface area contributed by atoms with Crippen LogP contribution in [-0.4, -0.2) is 25.0 Å². The van der Waals surface area contributed by atoms with Gasteiger partial charge in [-0.3, -0.25) is 4.79 Å². The van der Waals surface area contributed by atoms with E-state index in [9.17, 15) is 4.79 Å². The van der Waals surface area contributed by atoms with Crippen molar-refractivity contribution < 1.29 is 4.79 Å². The van der Waals surface area contributed by atoms with Crippen LogP contribution < -0.4 is 16.4 Å². The van der Waals surface area contributed by atoms with Gasteiger partial charge < -0.3 is 16.4 Å². The summed E-state index contributed by atoms with van der Waals surface area (Å²) < 4.78 is 0. The maximum atomic E-state index is 11.2. The lowest BCUT2D eigenvalue weighted by Gasteiger charge is -2.13. The molecule has 0 aromatic heterocycles. The number of nitrogens with two attached hydrogens (primary N) is 1. The van der Waals surface area contributed by atoms with Gasteiger partial charge in [0.1, 0.15) is 0 Å². The van der Waals surface area contributed by atoms with Crippen LogP contribution >= 0.6 is 0 Å². The Morgan fingerprint density at radius 3 is 3.00 bits per heavy atom. The molecule has 0 unspecified atom stereocenters. The summed E-state index contributed by atoms with van der Waals surface area (Å²) in [4.78, 5) is 11.2. The second-order valence-electron chi connectivity index (χ2n) is 4.42. The van der Waals surface area contributed by atoms with E-state index in [0.29, 0.717) is 11.6 Å². The molecule has 0 radical (unpaired) electrons. The lowest BCUT2D eigenvalue weighted by molar-refractivity contribution is 0.100. The Morgan fingerprint density at radius 2 is 2.29 bits per heavy atom. The van der Waals surface area contributed by atoms with Crippen molar-refractivity contribution in [2.75, 3.05) is 18.4 Å². The lowest BCUT2D eigenvalue weighted by Crippen LogP contribution is -2.24. The van der Waals surface area contributed by atoms with Crippen LogP contribution in [-0.2, 0) is 0 Å². The van der Waals surface area contributed by atoms with E-state index >= 15 is 0 Å². The summed E-state index contributed by atoms with van der Waals surface area (Å²) in [5, 5.41) is 6.73. The molecule has 1 heterocycles. The quantitative estimate of drug-likeness (QED) is 0.719. The molecule has 92 valence electrons. The fraction of sp³-hybridized carbons (Fsp3) is 0.462. The number of rotatable bonds is 5. The molecular weight excluding hydrogens is 214 g/mol. The molecule has 0 spiro atoms. The molecule has 2 rings (SSSR count). The second-order valence-corrected chi connectivity index (χ2v) is 4.42. The van der Waals surface area contributed by atoms with Crippen molar-refractivity contribution in [3.05, 3.63) is 29.8 Å². The summed E-state index contributed by atoms with van der Waals surface area (Å²) in [5.41, 5.74) is 6.71. The highest BCUT2D eigenvalue weighted by Crippen LogP contribution is 2.15. The predicted molar refractivity (Wildman–Crippen MR) is 69.1 cm³/mol. The Bertz CT molecular complexity index is 386. The summed E-state index contributed by atoms with van der Waals surface area (Å²) in [6.45, 7) is 1.99. The zero-order chi connectivity index (χ0) is 12.1. The molecule has 1 aromatic carbocycles. The first-order valence-corrected chi connectivity index (χ1v) is 6.13. The number of hydrogen-bond donors (Lipinski definition) is 3. The van der Waals surface area contributed by atoms with Gasteiger partial charge in [-0.15, -0.1) is 0 Å². The second kappa shape index (κ2) is 5.68. The first kappa shape index (κ1) is 11.9. The number of amides is 1. The molecule has 4 N–H and O–H groups in total. The fourth-order valence-electron chi connectivity index (χ4n) is 2.24. The maximum Gasteiger partial charge on any atom is 0.250 e. The molecule has 4 heteroatoms. The van der Waals surface area contributed by atoms with E-state index in [2.05, 4.69) is 10.6 Å². The first-order chi connectivity index (χ1) is 8.27. The van der Waals surface area contributed by atoms with E-state index in [1.54, 1.807) is 6.07 Å². The average molecular weight is 233 g/mol. The highest BCUT2D eigenvalue weighted by atomic mass is 16.1.